The summed E-state index contributed by atoms with van der Waals surface area (Å²) >= 11 is 6.08. The average molecular weight is 411 g/mol. The lowest BCUT2D eigenvalue weighted by Gasteiger charge is -2.09. The molecule has 0 aliphatic heterocycles. The second-order valence-corrected chi connectivity index (χ2v) is 6.27. The monoisotopic (exact) mass is 410 g/mol. The van der Waals surface area contributed by atoms with Gasteiger partial charge in [-0.1, -0.05) is 16.8 Å². The van der Waals surface area contributed by atoms with Gasteiger partial charge in [-0.2, -0.15) is 5.10 Å². The summed E-state index contributed by atoms with van der Waals surface area (Å²) in [5.41, 5.74) is 1.03. The van der Waals surface area contributed by atoms with Crippen LogP contribution in [-0.4, -0.2) is 20.8 Å². The standard InChI is InChI=1S/C18H17ClF2N4O3/c1-3-25-15(13(19)7-23-25)8-22-18(26)17-12(10(2)28-24-17)9-27-16-5-4-11(20)6-14(16)21/h4-7H,3,8-9H2,1-2H3,(H,22,26). The molecule has 0 aliphatic rings. The number of nitrogens with zero attached hydrogens (tertiary/aromatic N) is 3. The second kappa shape index (κ2) is 8.39. The van der Waals surface area contributed by atoms with Gasteiger partial charge in [0, 0.05) is 12.6 Å². The van der Waals surface area contributed by atoms with E-state index < -0.39 is 17.5 Å². The summed E-state index contributed by atoms with van der Waals surface area (Å²) in [7, 11) is 0. The maximum Gasteiger partial charge on any atom is 0.274 e. The summed E-state index contributed by atoms with van der Waals surface area (Å²) in [6, 6.07) is 2.96. The number of hydrogen-bond acceptors (Lipinski definition) is 5. The van der Waals surface area contributed by atoms with Crippen molar-refractivity contribution in [2.45, 2.75) is 33.5 Å². The molecule has 3 aromatic rings. The largest absolute Gasteiger partial charge is 0.486 e. The highest BCUT2D eigenvalue weighted by atomic mass is 35.5. The predicted octanol–water partition coefficient (Wildman–Crippen LogP) is 3.64. The first-order chi connectivity index (χ1) is 13.4. The number of rotatable bonds is 7. The van der Waals surface area contributed by atoms with Gasteiger partial charge in [0.2, 0.25) is 0 Å². The zero-order valence-electron chi connectivity index (χ0n) is 15.1. The summed E-state index contributed by atoms with van der Waals surface area (Å²) in [4.78, 5) is 12.5. The summed E-state index contributed by atoms with van der Waals surface area (Å²) in [6.45, 7) is 4.08. The average Bonchev–Trinajstić information content (AvgIpc) is 3.21. The van der Waals surface area contributed by atoms with Crippen molar-refractivity contribution in [3.63, 3.8) is 0 Å². The highest BCUT2D eigenvalue weighted by molar-refractivity contribution is 6.31. The Labute approximate surface area is 164 Å². The molecule has 0 unspecified atom stereocenters. The van der Waals surface area contributed by atoms with Crippen LogP contribution < -0.4 is 10.1 Å². The fourth-order valence-electron chi connectivity index (χ4n) is 2.57. The summed E-state index contributed by atoms with van der Waals surface area (Å²) in [6.07, 6.45) is 1.50. The van der Waals surface area contributed by atoms with Crippen molar-refractivity contribution in [1.29, 1.82) is 0 Å². The molecule has 0 aliphatic carbocycles. The molecule has 0 fully saturated rings. The third-order valence-corrected chi connectivity index (χ3v) is 4.40. The van der Waals surface area contributed by atoms with Crippen molar-refractivity contribution in [3.05, 3.63) is 63.8 Å². The van der Waals surface area contributed by atoms with Crippen LogP contribution in [0.5, 0.6) is 5.75 Å². The molecular formula is C18H17ClF2N4O3. The van der Waals surface area contributed by atoms with Crippen molar-refractivity contribution in [1.82, 2.24) is 20.3 Å². The Morgan fingerprint density at radius 2 is 2.18 bits per heavy atom. The van der Waals surface area contributed by atoms with E-state index in [1.807, 2.05) is 6.92 Å². The number of hydrogen-bond donors (Lipinski definition) is 1. The van der Waals surface area contributed by atoms with Gasteiger partial charge in [0.15, 0.2) is 17.3 Å². The van der Waals surface area contributed by atoms with Gasteiger partial charge in [-0.05, 0) is 26.0 Å². The molecule has 2 heterocycles. The summed E-state index contributed by atoms with van der Waals surface area (Å²) in [5.74, 6) is -1.86. The molecule has 10 heteroatoms. The number of amides is 1. The Bertz CT molecular complexity index is 1000. The number of halogens is 3. The van der Waals surface area contributed by atoms with Crippen LogP contribution in [0.25, 0.3) is 0 Å². The number of ether oxygens (including phenoxy) is 1. The first-order valence-corrected chi connectivity index (χ1v) is 8.79. The van der Waals surface area contributed by atoms with E-state index in [4.69, 9.17) is 20.9 Å². The van der Waals surface area contributed by atoms with E-state index in [1.165, 1.54) is 12.3 Å². The Morgan fingerprint density at radius 1 is 1.39 bits per heavy atom. The van der Waals surface area contributed by atoms with Gasteiger partial charge in [0.05, 0.1) is 29.0 Å². The van der Waals surface area contributed by atoms with E-state index in [2.05, 4.69) is 15.6 Å². The van der Waals surface area contributed by atoms with Crippen molar-refractivity contribution < 1.29 is 22.8 Å². The number of aromatic nitrogens is 3. The van der Waals surface area contributed by atoms with Crippen LogP contribution in [0.4, 0.5) is 8.78 Å². The topological polar surface area (TPSA) is 82.2 Å². The molecule has 0 bridgehead atoms. The molecule has 3 rings (SSSR count). The lowest BCUT2D eigenvalue weighted by Crippen LogP contribution is -2.26. The Hall–Kier alpha value is -2.94. The predicted molar refractivity (Wildman–Crippen MR) is 96.0 cm³/mol. The molecule has 0 saturated heterocycles. The van der Waals surface area contributed by atoms with Gasteiger partial charge < -0.3 is 14.6 Å². The first kappa shape index (κ1) is 19.8. The lowest BCUT2D eigenvalue weighted by atomic mass is 10.2. The zero-order valence-corrected chi connectivity index (χ0v) is 15.9. The van der Waals surface area contributed by atoms with Crippen LogP contribution >= 0.6 is 11.6 Å². The first-order valence-electron chi connectivity index (χ1n) is 8.42. The van der Waals surface area contributed by atoms with Crippen LogP contribution in [0, 0.1) is 18.6 Å². The molecule has 1 N–H and O–H groups in total. The molecule has 28 heavy (non-hydrogen) atoms. The lowest BCUT2D eigenvalue weighted by molar-refractivity contribution is 0.0938. The maximum absolute atomic E-state index is 13.7. The molecule has 0 radical (unpaired) electrons. The van der Waals surface area contributed by atoms with Gasteiger partial charge in [0.1, 0.15) is 18.2 Å². The number of benzene rings is 1. The van der Waals surface area contributed by atoms with Crippen molar-refractivity contribution >= 4 is 17.5 Å². The van der Waals surface area contributed by atoms with Crippen molar-refractivity contribution in [2.24, 2.45) is 0 Å². The van der Waals surface area contributed by atoms with Gasteiger partial charge in [0.25, 0.3) is 5.91 Å². The van der Waals surface area contributed by atoms with Gasteiger partial charge >= 0.3 is 0 Å². The van der Waals surface area contributed by atoms with E-state index in [0.29, 0.717) is 34.7 Å². The van der Waals surface area contributed by atoms with Crippen molar-refractivity contribution in [2.75, 3.05) is 0 Å². The van der Waals surface area contributed by atoms with Crippen LogP contribution in [0.15, 0.2) is 28.9 Å². The number of carbonyl (C=O) groups is 1. The molecule has 0 spiro atoms. The van der Waals surface area contributed by atoms with E-state index in [1.54, 1.807) is 11.6 Å². The smallest absolute Gasteiger partial charge is 0.274 e. The summed E-state index contributed by atoms with van der Waals surface area (Å²) < 4.78 is 38.8. The minimum atomic E-state index is -0.845. The van der Waals surface area contributed by atoms with Crippen LogP contribution in [0.2, 0.25) is 5.02 Å². The van der Waals surface area contributed by atoms with Crippen molar-refractivity contribution in [3.8, 4) is 5.75 Å². The molecular weight excluding hydrogens is 394 g/mol. The Morgan fingerprint density at radius 3 is 2.89 bits per heavy atom. The third-order valence-electron chi connectivity index (χ3n) is 4.08. The molecule has 2 aromatic heterocycles. The van der Waals surface area contributed by atoms with Crippen LogP contribution in [0.1, 0.15) is 34.4 Å². The maximum atomic E-state index is 13.7. The quantitative estimate of drug-likeness (QED) is 0.643. The van der Waals surface area contributed by atoms with Gasteiger partial charge in [-0.25, -0.2) is 8.78 Å². The van der Waals surface area contributed by atoms with E-state index in [0.717, 1.165) is 6.07 Å². The van der Waals surface area contributed by atoms with E-state index >= 15 is 0 Å². The fraction of sp³-hybridized carbons (Fsp3) is 0.278. The SMILES string of the molecule is CCn1ncc(Cl)c1CNC(=O)c1noc(C)c1COc1ccc(F)cc1F. The van der Waals surface area contributed by atoms with E-state index in [-0.39, 0.29) is 24.6 Å². The Kier molecular flexibility index (Phi) is 5.93. The van der Waals surface area contributed by atoms with Gasteiger partial charge in [-0.3, -0.25) is 9.48 Å². The second-order valence-electron chi connectivity index (χ2n) is 5.87. The number of aryl methyl sites for hydroxylation is 2. The number of carbonyl (C=O) groups excluding carboxylic acids is 1. The molecule has 1 aromatic carbocycles. The zero-order chi connectivity index (χ0) is 20.3. The minimum absolute atomic E-state index is 0.0127. The van der Waals surface area contributed by atoms with Crippen LogP contribution in [0.3, 0.4) is 0 Å². The summed E-state index contributed by atoms with van der Waals surface area (Å²) in [5, 5.41) is 11.0. The third kappa shape index (κ3) is 4.14. The number of nitrogens with one attached hydrogen (secondary N) is 1. The van der Waals surface area contributed by atoms with Gasteiger partial charge in [-0.15, -0.1) is 0 Å². The van der Waals surface area contributed by atoms with E-state index in [9.17, 15) is 13.6 Å². The molecule has 1 amide bonds. The molecule has 7 nitrogen and oxygen atoms in total. The molecule has 148 valence electrons. The highest BCUT2D eigenvalue weighted by Crippen LogP contribution is 2.22. The van der Waals surface area contributed by atoms with Crippen LogP contribution in [-0.2, 0) is 19.7 Å². The fourth-order valence-corrected chi connectivity index (χ4v) is 2.77. The Balaban J connectivity index is 1.71. The minimum Gasteiger partial charge on any atom is -0.486 e. The molecule has 0 atom stereocenters. The highest BCUT2D eigenvalue weighted by Gasteiger charge is 2.21. The molecule has 0 saturated carbocycles. The normalized spacial score (nSPS) is 10.9.